The van der Waals surface area contributed by atoms with Gasteiger partial charge in [0.25, 0.3) is 0 Å². The molecule has 3 aromatic rings. The first-order chi connectivity index (χ1) is 9.75. The van der Waals surface area contributed by atoms with E-state index >= 15 is 0 Å². The molecule has 0 saturated heterocycles. The van der Waals surface area contributed by atoms with Gasteiger partial charge in [-0.3, -0.25) is 0 Å². The summed E-state index contributed by atoms with van der Waals surface area (Å²) in [5.41, 5.74) is 1.90. The van der Waals surface area contributed by atoms with E-state index in [1.54, 1.807) is 18.3 Å². The number of ether oxygens (including phenoxy) is 1. The monoisotopic (exact) mass is 267 g/mol. The summed E-state index contributed by atoms with van der Waals surface area (Å²) >= 11 is 0. The second-order valence-corrected chi connectivity index (χ2v) is 4.46. The zero-order valence-electron chi connectivity index (χ0n) is 10.7. The van der Waals surface area contributed by atoms with Crippen LogP contribution in [0.2, 0.25) is 0 Å². The molecule has 2 N–H and O–H groups in total. The zero-order chi connectivity index (χ0) is 13.9. The number of rotatable bonds is 4. The zero-order valence-corrected chi connectivity index (χ0v) is 10.7. The largest absolute Gasteiger partial charge is 0.488 e. The average molecular weight is 267 g/mol. The molecule has 0 fully saturated rings. The molecule has 3 rings (SSSR count). The van der Waals surface area contributed by atoms with Gasteiger partial charge in [0.15, 0.2) is 0 Å². The lowest BCUT2D eigenvalue weighted by Crippen LogP contribution is -2.00. The number of carbonyl (C=O) groups is 1. The van der Waals surface area contributed by atoms with Crippen LogP contribution in [0.4, 0.5) is 0 Å². The number of hydrogen-bond donors (Lipinski definition) is 2. The number of hydrogen-bond acceptors (Lipinski definition) is 2. The Hall–Kier alpha value is -2.75. The van der Waals surface area contributed by atoms with Crippen molar-refractivity contribution in [3.63, 3.8) is 0 Å². The number of benzene rings is 2. The number of carboxylic acid groups (broad SMARTS) is 1. The predicted molar refractivity (Wildman–Crippen MR) is 76.0 cm³/mol. The lowest BCUT2D eigenvalue weighted by molar-refractivity contribution is 0.0699. The van der Waals surface area contributed by atoms with E-state index in [9.17, 15) is 4.79 Å². The highest BCUT2D eigenvalue weighted by Gasteiger charge is 2.12. The molecule has 1 heterocycles. The van der Waals surface area contributed by atoms with Crippen LogP contribution in [-0.2, 0) is 6.61 Å². The van der Waals surface area contributed by atoms with E-state index in [0.717, 1.165) is 10.9 Å². The Morgan fingerprint density at radius 3 is 2.65 bits per heavy atom. The van der Waals surface area contributed by atoms with Gasteiger partial charge in [0, 0.05) is 11.6 Å². The van der Waals surface area contributed by atoms with Crippen LogP contribution in [0.25, 0.3) is 10.9 Å². The summed E-state index contributed by atoms with van der Waals surface area (Å²) in [5, 5.41) is 9.92. The first-order valence-corrected chi connectivity index (χ1v) is 6.26. The maximum absolute atomic E-state index is 11.1. The van der Waals surface area contributed by atoms with Crippen LogP contribution in [0.15, 0.2) is 54.7 Å². The summed E-state index contributed by atoms with van der Waals surface area (Å²) in [4.78, 5) is 14.1. The minimum absolute atomic E-state index is 0.247. The molecule has 4 heteroatoms. The fraction of sp³-hybridized carbons (Fsp3) is 0.0625. The smallest absolute Gasteiger partial charge is 0.337 e. The summed E-state index contributed by atoms with van der Waals surface area (Å²) in [6.45, 7) is 0.452. The van der Waals surface area contributed by atoms with Crippen molar-refractivity contribution in [3.05, 3.63) is 65.9 Å². The third-order valence-electron chi connectivity index (χ3n) is 3.15. The highest BCUT2D eigenvalue weighted by molar-refractivity contribution is 6.04. The molecule has 1 aromatic heterocycles. The van der Waals surface area contributed by atoms with Gasteiger partial charge in [0.2, 0.25) is 0 Å². The first-order valence-electron chi connectivity index (χ1n) is 6.26. The Morgan fingerprint density at radius 1 is 1.10 bits per heavy atom. The summed E-state index contributed by atoms with van der Waals surface area (Å²) < 4.78 is 5.79. The third-order valence-corrected chi connectivity index (χ3v) is 3.15. The topological polar surface area (TPSA) is 62.3 Å². The van der Waals surface area contributed by atoms with Gasteiger partial charge in [0.1, 0.15) is 12.4 Å². The van der Waals surface area contributed by atoms with Crippen LogP contribution in [0, 0.1) is 0 Å². The van der Waals surface area contributed by atoms with Crippen LogP contribution >= 0.6 is 0 Å². The molecule has 0 atom stereocenters. The third kappa shape index (κ3) is 2.23. The number of aromatic nitrogens is 1. The maximum Gasteiger partial charge on any atom is 0.337 e. The van der Waals surface area contributed by atoms with E-state index in [1.807, 2.05) is 36.4 Å². The Labute approximate surface area is 115 Å². The van der Waals surface area contributed by atoms with Crippen molar-refractivity contribution in [1.82, 2.24) is 4.98 Å². The van der Waals surface area contributed by atoms with Crippen LogP contribution in [0.3, 0.4) is 0 Å². The molecule has 4 nitrogen and oxygen atoms in total. The molecular formula is C16H13NO3. The molecule has 0 bridgehead atoms. The second-order valence-electron chi connectivity index (χ2n) is 4.46. The van der Waals surface area contributed by atoms with Crippen LogP contribution in [0.1, 0.15) is 15.9 Å². The molecule has 2 aromatic carbocycles. The van der Waals surface area contributed by atoms with Crippen molar-refractivity contribution >= 4 is 16.9 Å². The molecule has 0 amide bonds. The number of fused-ring (bicyclic) bond motifs is 1. The number of aromatic amines is 1. The van der Waals surface area contributed by atoms with E-state index in [-0.39, 0.29) is 5.56 Å². The van der Waals surface area contributed by atoms with Gasteiger partial charge in [-0.1, -0.05) is 30.3 Å². The number of nitrogens with one attached hydrogen (secondary N) is 1. The second kappa shape index (κ2) is 5.09. The van der Waals surface area contributed by atoms with Gasteiger partial charge in [-0.05, 0) is 23.8 Å². The van der Waals surface area contributed by atoms with Crippen molar-refractivity contribution < 1.29 is 14.6 Å². The molecular weight excluding hydrogens is 254 g/mol. The quantitative estimate of drug-likeness (QED) is 0.761. The molecule has 0 aliphatic heterocycles. The Kier molecular flexibility index (Phi) is 3.13. The molecule has 0 spiro atoms. The molecule has 0 unspecified atom stereocenters. The summed E-state index contributed by atoms with van der Waals surface area (Å²) in [5.74, 6) is -0.276. The van der Waals surface area contributed by atoms with Crippen molar-refractivity contribution in [2.45, 2.75) is 6.61 Å². The molecule has 0 saturated carbocycles. The Morgan fingerprint density at radius 2 is 1.90 bits per heavy atom. The lowest BCUT2D eigenvalue weighted by Gasteiger charge is -2.08. The first kappa shape index (κ1) is 12.3. The van der Waals surface area contributed by atoms with Crippen molar-refractivity contribution in [2.75, 3.05) is 0 Å². The standard InChI is InChI=1S/C16H13NO3/c18-16(19)13-6-7-14(12-8-9-17-15(12)13)20-10-11-4-2-1-3-5-11/h1-9,17H,10H2,(H,18,19). The van der Waals surface area contributed by atoms with E-state index in [1.165, 1.54) is 0 Å². The average Bonchev–Trinajstić information content (AvgIpc) is 2.95. The summed E-state index contributed by atoms with van der Waals surface area (Å²) in [6, 6.07) is 14.9. The highest BCUT2D eigenvalue weighted by atomic mass is 16.5. The summed E-state index contributed by atoms with van der Waals surface area (Å²) in [6.07, 6.45) is 1.71. The van der Waals surface area contributed by atoms with Gasteiger partial charge in [0.05, 0.1) is 11.1 Å². The molecule has 100 valence electrons. The van der Waals surface area contributed by atoms with Gasteiger partial charge in [-0.15, -0.1) is 0 Å². The minimum atomic E-state index is -0.952. The SMILES string of the molecule is O=C(O)c1ccc(OCc2ccccc2)c2cc[nH]c12. The fourth-order valence-corrected chi connectivity index (χ4v) is 2.17. The highest BCUT2D eigenvalue weighted by Crippen LogP contribution is 2.28. The maximum atomic E-state index is 11.1. The normalized spacial score (nSPS) is 10.6. The van der Waals surface area contributed by atoms with Crippen LogP contribution in [0.5, 0.6) is 5.75 Å². The molecule has 0 aliphatic rings. The predicted octanol–water partition coefficient (Wildman–Crippen LogP) is 3.45. The molecule has 0 radical (unpaired) electrons. The van der Waals surface area contributed by atoms with Crippen LogP contribution in [-0.4, -0.2) is 16.1 Å². The molecule has 0 aliphatic carbocycles. The Bertz CT molecular complexity index is 747. The lowest BCUT2D eigenvalue weighted by atomic mass is 10.1. The number of H-pyrrole nitrogens is 1. The van der Waals surface area contributed by atoms with Gasteiger partial charge in [-0.25, -0.2) is 4.79 Å². The van der Waals surface area contributed by atoms with Crippen LogP contribution < -0.4 is 4.74 Å². The number of aromatic carboxylic acids is 1. The van der Waals surface area contributed by atoms with Crippen molar-refractivity contribution in [2.24, 2.45) is 0 Å². The van der Waals surface area contributed by atoms with E-state index in [4.69, 9.17) is 9.84 Å². The number of carboxylic acids is 1. The van der Waals surface area contributed by atoms with Gasteiger partial charge >= 0.3 is 5.97 Å². The van der Waals surface area contributed by atoms with E-state index in [0.29, 0.717) is 17.9 Å². The summed E-state index contributed by atoms with van der Waals surface area (Å²) in [7, 11) is 0. The van der Waals surface area contributed by atoms with E-state index < -0.39 is 5.97 Å². The fourth-order valence-electron chi connectivity index (χ4n) is 2.17. The van der Waals surface area contributed by atoms with Gasteiger partial charge < -0.3 is 14.8 Å². The van der Waals surface area contributed by atoms with Crippen molar-refractivity contribution in [1.29, 1.82) is 0 Å². The van der Waals surface area contributed by atoms with Crippen molar-refractivity contribution in [3.8, 4) is 5.75 Å². The van der Waals surface area contributed by atoms with Gasteiger partial charge in [-0.2, -0.15) is 0 Å². The molecule has 20 heavy (non-hydrogen) atoms. The van der Waals surface area contributed by atoms with E-state index in [2.05, 4.69) is 4.98 Å². The Balaban J connectivity index is 1.91. The minimum Gasteiger partial charge on any atom is -0.488 e.